The standard InChI is InChI=1S/C20H17Cl2NO3S2/c21-14-5-3-4-13(10-14)11-23(15-8-9-28(25,26)12-15)20(24)19-18(22)16-6-1-2-7-17(16)27-19/h1-7,10,15H,8-9,11-12H2. The SMILES string of the molecule is O=C(c1sc2ccccc2c1Cl)N(Cc1cccc(Cl)c1)C1CCS(=O)(=O)C1. The number of carbonyl (C=O) groups excluding carboxylic acids is 1. The van der Waals surface area contributed by atoms with Crippen molar-refractivity contribution in [3.63, 3.8) is 0 Å². The molecule has 0 spiro atoms. The molecule has 1 aromatic heterocycles. The number of fused-ring (bicyclic) bond motifs is 1. The fraction of sp³-hybridized carbons (Fsp3) is 0.250. The van der Waals surface area contributed by atoms with E-state index in [4.69, 9.17) is 23.2 Å². The summed E-state index contributed by atoms with van der Waals surface area (Å²) in [5.41, 5.74) is 0.849. The number of hydrogen-bond acceptors (Lipinski definition) is 4. The maximum atomic E-state index is 13.4. The molecule has 1 aliphatic rings. The molecule has 4 rings (SSSR count). The van der Waals surface area contributed by atoms with Crippen LogP contribution in [-0.2, 0) is 16.4 Å². The highest BCUT2D eigenvalue weighted by molar-refractivity contribution is 7.91. The van der Waals surface area contributed by atoms with Crippen molar-refractivity contribution in [1.29, 1.82) is 0 Å². The number of hydrogen-bond donors (Lipinski definition) is 0. The Bertz CT molecular complexity index is 1160. The summed E-state index contributed by atoms with van der Waals surface area (Å²) in [6, 6.07) is 14.4. The van der Waals surface area contributed by atoms with Crippen LogP contribution in [0.1, 0.15) is 21.7 Å². The highest BCUT2D eigenvalue weighted by atomic mass is 35.5. The normalized spacial score (nSPS) is 18.4. The molecule has 1 atom stereocenters. The zero-order valence-electron chi connectivity index (χ0n) is 14.8. The lowest BCUT2D eigenvalue weighted by Crippen LogP contribution is -2.40. The number of benzene rings is 2. The van der Waals surface area contributed by atoms with Crippen molar-refractivity contribution in [3.8, 4) is 0 Å². The van der Waals surface area contributed by atoms with Crippen molar-refractivity contribution in [3.05, 3.63) is 69.0 Å². The minimum atomic E-state index is -3.14. The molecule has 1 fully saturated rings. The molecule has 2 heterocycles. The van der Waals surface area contributed by atoms with Gasteiger partial charge in [-0.15, -0.1) is 11.3 Å². The van der Waals surface area contributed by atoms with Crippen molar-refractivity contribution in [2.75, 3.05) is 11.5 Å². The van der Waals surface area contributed by atoms with E-state index in [0.29, 0.717) is 21.3 Å². The summed E-state index contributed by atoms with van der Waals surface area (Å²) in [5.74, 6) is -0.174. The van der Waals surface area contributed by atoms with Crippen molar-refractivity contribution in [1.82, 2.24) is 4.90 Å². The molecule has 1 saturated heterocycles. The van der Waals surface area contributed by atoms with Crippen LogP contribution in [0.5, 0.6) is 0 Å². The van der Waals surface area contributed by atoms with Crippen LogP contribution in [0.4, 0.5) is 0 Å². The predicted molar refractivity (Wildman–Crippen MR) is 115 cm³/mol. The Labute approximate surface area is 177 Å². The van der Waals surface area contributed by atoms with Crippen LogP contribution >= 0.6 is 34.5 Å². The smallest absolute Gasteiger partial charge is 0.266 e. The van der Waals surface area contributed by atoms with Gasteiger partial charge in [-0.1, -0.05) is 53.5 Å². The van der Waals surface area contributed by atoms with Gasteiger partial charge in [0.1, 0.15) is 4.88 Å². The van der Waals surface area contributed by atoms with E-state index in [2.05, 4.69) is 0 Å². The molecule has 0 radical (unpaired) electrons. The van der Waals surface area contributed by atoms with Crippen LogP contribution < -0.4 is 0 Å². The summed E-state index contributed by atoms with van der Waals surface area (Å²) in [6.45, 7) is 0.282. The summed E-state index contributed by atoms with van der Waals surface area (Å²) >= 11 is 13.9. The first-order chi connectivity index (χ1) is 13.3. The fourth-order valence-corrected chi connectivity index (χ4v) is 6.91. The van der Waals surface area contributed by atoms with Gasteiger partial charge >= 0.3 is 0 Å². The Hall–Kier alpha value is -1.60. The number of nitrogens with zero attached hydrogens (tertiary/aromatic N) is 1. The third-order valence-corrected chi connectivity index (χ3v) is 8.53. The van der Waals surface area contributed by atoms with E-state index in [-0.39, 0.29) is 30.0 Å². The molecular formula is C20H17Cl2NO3S2. The number of halogens is 2. The van der Waals surface area contributed by atoms with Gasteiger partial charge in [0.2, 0.25) is 0 Å². The second kappa shape index (κ2) is 7.67. The minimum absolute atomic E-state index is 0.0260. The monoisotopic (exact) mass is 453 g/mol. The van der Waals surface area contributed by atoms with E-state index in [1.165, 1.54) is 11.3 Å². The van der Waals surface area contributed by atoms with E-state index in [1.54, 1.807) is 17.0 Å². The molecule has 0 saturated carbocycles. The van der Waals surface area contributed by atoms with Crippen LogP contribution in [0.15, 0.2) is 48.5 Å². The van der Waals surface area contributed by atoms with Gasteiger partial charge in [0.15, 0.2) is 9.84 Å². The molecular weight excluding hydrogens is 437 g/mol. The summed E-state index contributed by atoms with van der Waals surface area (Å²) in [4.78, 5) is 15.5. The third-order valence-electron chi connectivity index (χ3n) is 4.88. The van der Waals surface area contributed by atoms with E-state index in [9.17, 15) is 13.2 Å². The quantitative estimate of drug-likeness (QED) is 0.555. The van der Waals surface area contributed by atoms with E-state index >= 15 is 0 Å². The highest BCUT2D eigenvalue weighted by Crippen LogP contribution is 2.37. The van der Waals surface area contributed by atoms with Crippen LogP contribution in [0.2, 0.25) is 10.0 Å². The largest absolute Gasteiger partial charge is 0.330 e. The molecule has 146 valence electrons. The lowest BCUT2D eigenvalue weighted by molar-refractivity contribution is 0.0686. The van der Waals surface area contributed by atoms with Gasteiger partial charge in [-0.2, -0.15) is 0 Å². The van der Waals surface area contributed by atoms with Gasteiger partial charge < -0.3 is 4.90 Å². The van der Waals surface area contributed by atoms with Crippen LogP contribution in [-0.4, -0.2) is 36.8 Å². The summed E-state index contributed by atoms with van der Waals surface area (Å²) in [7, 11) is -3.14. The Morgan fingerprint density at radius 1 is 1.14 bits per heavy atom. The molecule has 0 aliphatic carbocycles. The topological polar surface area (TPSA) is 54.5 Å². The molecule has 0 N–H and O–H groups in total. The van der Waals surface area contributed by atoms with Crippen LogP contribution in [0.25, 0.3) is 10.1 Å². The summed E-state index contributed by atoms with van der Waals surface area (Å²) < 4.78 is 25.0. The van der Waals surface area contributed by atoms with Gasteiger partial charge in [-0.25, -0.2) is 8.42 Å². The molecule has 3 aromatic rings. The van der Waals surface area contributed by atoms with Crippen molar-refractivity contribution in [2.45, 2.75) is 19.0 Å². The first-order valence-electron chi connectivity index (χ1n) is 8.77. The average molecular weight is 454 g/mol. The van der Waals surface area contributed by atoms with E-state index < -0.39 is 9.84 Å². The van der Waals surface area contributed by atoms with Crippen LogP contribution in [0, 0.1) is 0 Å². The molecule has 8 heteroatoms. The molecule has 28 heavy (non-hydrogen) atoms. The average Bonchev–Trinajstić information content (AvgIpc) is 3.19. The second-order valence-electron chi connectivity index (χ2n) is 6.86. The first-order valence-corrected chi connectivity index (χ1v) is 12.2. The van der Waals surface area contributed by atoms with Gasteiger partial charge in [0, 0.05) is 27.7 Å². The van der Waals surface area contributed by atoms with Gasteiger partial charge in [0.25, 0.3) is 5.91 Å². The van der Waals surface area contributed by atoms with Crippen molar-refractivity contribution >= 4 is 60.4 Å². The zero-order chi connectivity index (χ0) is 19.9. The molecule has 1 unspecified atom stereocenters. The molecule has 4 nitrogen and oxygen atoms in total. The number of thiophene rings is 1. The van der Waals surface area contributed by atoms with Gasteiger partial charge in [-0.3, -0.25) is 4.79 Å². The molecule has 1 amide bonds. The maximum absolute atomic E-state index is 13.4. The van der Waals surface area contributed by atoms with E-state index in [1.807, 2.05) is 36.4 Å². The first kappa shape index (κ1) is 19.7. The lowest BCUT2D eigenvalue weighted by atomic mass is 10.1. The summed E-state index contributed by atoms with van der Waals surface area (Å²) in [6.07, 6.45) is 0.428. The number of amides is 1. The molecule has 1 aliphatic heterocycles. The second-order valence-corrected chi connectivity index (χ2v) is 11.0. The fourth-order valence-electron chi connectivity index (χ4n) is 3.50. The van der Waals surface area contributed by atoms with E-state index in [0.717, 1.165) is 15.6 Å². The highest BCUT2D eigenvalue weighted by Gasteiger charge is 2.36. The predicted octanol–water partition coefficient (Wildman–Crippen LogP) is 5.04. The Morgan fingerprint density at radius 2 is 1.93 bits per heavy atom. The van der Waals surface area contributed by atoms with Crippen LogP contribution in [0.3, 0.4) is 0 Å². The third kappa shape index (κ3) is 3.92. The Kier molecular flexibility index (Phi) is 5.40. The van der Waals surface area contributed by atoms with Crippen molar-refractivity contribution < 1.29 is 13.2 Å². The number of sulfone groups is 1. The number of carbonyl (C=O) groups is 1. The Balaban J connectivity index is 1.73. The lowest BCUT2D eigenvalue weighted by Gasteiger charge is -2.28. The van der Waals surface area contributed by atoms with Gasteiger partial charge in [0.05, 0.1) is 16.5 Å². The number of rotatable bonds is 4. The minimum Gasteiger partial charge on any atom is -0.330 e. The van der Waals surface area contributed by atoms with Crippen molar-refractivity contribution in [2.24, 2.45) is 0 Å². The Morgan fingerprint density at radius 3 is 2.61 bits per heavy atom. The molecule has 0 bridgehead atoms. The van der Waals surface area contributed by atoms with Gasteiger partial charge in [-0.05, 0) is 30.2 Å². The zero-order valence-corrected chi connectivity index (χ0v) is 17.9. The maximum Gasteiger partial charge on any atom is 0.266 e. The molecule has 2 aromatic carbocycles. The summed E-state index contributed by atoms with van der Waals surface area (Å²) in [5, 5.41) is 1.82.